The lowest BCUT2D eigenvalue weighted by molar-refractivity contribution is -0.109. The van der Waals surface area contributed by atoms with Gasteiger partial charge in [-0.25, -0.2) is 4.98 Å². The van der Waals surface area contributed by atoms with E-state index in [1.807, 2.05) is 5.32 Å². The molecule has 7 heteroatoms. The first kappa shape index (κ1) is 10.9. The molecule has 0 aromatic carbocycles. The summed E-state index contributed by atoms with van der Waals surface area (Å²) in [6, 6.07) is 0. The Labute approximate surface area is 85.7 Å². The van der Waals surface area contributed by atoms with E-state index in [0.29, 0.717) is 12.2 Å². The molecule has 7 nitrogen and oxygen atoms in total. The molecule has 0 aliphatic heterocycles. The highest BCUT2D eigenvalue weighted by Gasteiger charge is 2.18. The predicted molar refractivity (Wildman–Crippen MR) is 51.2 cm³/mol. The second-order valence-corrected chi connectivity index (χ2v) is 2.84. The zero-order chi connectivity index (χ0) is 11.4. The second kappa shape index (κ2) is 4.36. The number of nitrogens with zero attached hydrogens (tertiary/aromatic N) is 3. The van der Waals surface area contributed by atoms with Crippen LogP contribution in [0, 0.1) is 0 Å². The van der Waals surface area contributed by atoms with E-state index in [1.165, 1.54) is 22.8 Å². The molecule has 0 aliphatic carbocycles. The van der Waals surface area contributed by atoms with Gasteiger partial charge in [0.2, 0.25) is 12.8 Å². The van der Waals surface area contributed by atoms with Crippen LogP contribution in [0.1, 0.15) is 10.5 Å². The summed E-state index contributed by atoms with van der Waals surface area (Å²) < 4.78 is 1.51. The highest BCUT2D eigenvalue weighted by molar-refractivity contribution is 6.03. The van der Waals surface area contributed by atoms with Crippen LogP contribution in [0.3, 0.4) is 0 Å². The van der Waals surface area contributed by atoms with Crippen LogP contribution < -0.4 is 10.2 Å². The van der Waals surface area contributed by atoms with Gasteiger partial charge < -0.3 is 9.47 Å². The van der Waals surface area contributed by atoms with Crippen LogP contribution in [-0.4, -0.2) is 35.3 Å². The number of imidazole rings is 1. The van der Waals surface area contributed by atoms with Crippen molar-refractivity contribution in [1.82, 2.24) is 14.9 Å². The average molecular weight is 210 g/mol. The van der Waals surface area contributed by atoms with Crippen LogP contribution in [0.25, 0.3) is 0 Å². The number of hydrogen-bond donors (Lipinski definition) is 1. The van der Waals surface area contributed by atoms with Gasteiger partial charge in [-0.3, -0.25) is 19.7 Å². The molecule has 0 spiro atoms. The lowest BCUT2D eigenvalue weighted by Gasteiger charge is -2.12. The van der Waals surface area contributed by atoms with Crippen molar-refractivity contribution in [1.29, 1.82) is 0 Å². The largest absolute Gasteiger partial charge is 0.320 e. The smallest absolute Gasteiger partial charge is 0.280 e. The first-order chi connectivity index (χ1) is 7.11. The Morgan fingerprint density at radius 2 is 2.27 bits per heavy atom. The van der Waals surface area contributed by atoms with Crippen LogP contribution in [0.5, 0.6) is 0 Å². The number of rotatable bonds is 4. The van der Waals surface area contributed by atoms with Gasteiger partial charge in [-0.05, 0) is 0 Å². The summed E-state index contributed by atoms with van der Waals surface area (Å²) in [5.74, 6) is -0.321. The van der Waals surface area contributed by atoms with Crippen molar-refractivity contribution in [3.63, 3.8) is 0 Å². The number of anilines is 1. The highest BCUT2D eigenvalue weighted by atomic mass is 16.2. The molecular formula is C8H10N4O3. The van der Waals surface area contributed by atoms with Gasteiger partial charge in [0.15, 0.2) is 5.69 Å². The lowest BCUT2D eigenvalue weighted by atomic mass is 10.4. The number of nitrogens with one attached hydrogen (secondary N) is 1. The van der Waals surface area contributed by atoms with Gasteiger partial charge in [-0.15, -0.1) is 0 Å². The molecule has 0 unspecified atom stereocenters. The first-order valence-corrected chi connectivity index (χ1v) is 4.05. The quantitative estimate of drug-likeness (QED) is 0.639. The van der Waals surface area contributed by atoms with E-state index in [-0.39, 0.29) is 12.1 Å². The summed E-state index contributed by atoms with van der Waals surface area (Å²) in [5.41, 5.74) is 0.0270. The molecule has 1 aromatic rings. The minimum Gasteiger partial charge on any atom is -0.320 e. The summed E-state index contributed by atoms with van der Waals surface area (Å²) in [7, 11) is 3.13. The first-order valence-electron chi connectivity index (χ1n) is 4.05. The molecule has 1 heterocycles. The van der Waals surface area contributed by atoms with Crippen LogP contribution in [0.4, 0.5) is 5.82 Å². The Morgan fingerprint density at radius 3 is 2.80 bits per heavy atom. The normalized spacial score (nSPS) is 9.47. The minimum atomic E-state index is -0.644. The zero-order valence-corrected chi connectivity index (χ0v) is 8.30. The standard InChI is InChI=1S/C8H10N4O3/c1-11-3-9-6(7(15)10-4-13)8(11)12(2)5-14/h3-5H,1-2H3,(H,10,13,15). The summed E-state index contributed by atoms with van der Waals surface area (Å²) in [6.07, 6.45) is 2.20. The lowest BCUT2D eigenvalue weighted by Crippen LogP contribution is -2.26. The topological polar surface area (TPSA) is 84.3 Å². The molecule has 0 atom stereocenters. The maximum Gasteiger partial charge on any atom is 0.280 e. The van der Waals surface area contributed by atoms with Crippen molar-refractivity contribution in [3.8, 4) is 0 Å². The Balaban J connectivity index is 3.13. The summed E-state index contributed by atoms with van der Waals surface area (Å²) in [5, 5.41) is 1.96. The SMILES string of the molecule is CN(C=O)c1c(C(=O)NC=O)ncn1C. The third kappa shape index (κ3) is 2.01. The Kier molecular flexibility index (Phi) is 3.17. The third-order valence-electron chi connectivity index (χ3n) is 1.80. The zero-order valence-electron chi connectivity index (χ0n) is 8.30. The van der Waals surface area contributed by atoms with Crippen LogP contribution >= 0.6 is 0 Å². The van der Waals surface area contributed by atoms with E-state index in [9.17, 15) is 14.4 Å². The maximum atomic E-state index is 11.3. The summed E-state index contributed by atoms with van der Waals surface area (Å²) >= 11 is 0. The van der Waals surface area contributed by atoms with Crippen molar-refractivity contribution < 1.29 is 14.4 Å². The average Bonchev–Trinajstić information content (AvgIpc) is 2.59. The monoisotopic (exact) mass is 210 g/mol. The molecule has 0 radical (unpaired) electrons. The Hall–Kier alpha value is -2.18. The molecule has 0 saturated heterocycles. The Bertz CT molecular complexity index is 399. The van der Waals surface area contributed by atoms with E-state index in [0.717, 1.165) is 0 Å². The van der Waals surface area contributed by atoms with Gasteiger partial charge in [-0.1, -0.05) is 0 Å². The van der Waals surface area contributed by atoms with Gasteiger partial charge in [0.05, 0.1) is 6.33 Å². The molecule has 1 N–H and O–H groups in total. The molecule has 0 aliphatic rings. The van der Waals surface area contributed by atoms with Crippen molar-refractivity contribution in [2.24, 2.45) is 7.05 Å². The fourth-order valence-electron chi connectivity index (χ4n) is 1.17. The van der Waals surface area contributed by atoms with Crippen molar-refractivity contribution >= 4 is 24.5 Å². The number of imide groups is 1. The summed E-state index contributed by atoms with van der Waals surface area (Å²) in [4.78, 5) is 37.0. The maximum absolute atomic E-state index is 11.3. The number of carbonyl (C=O) groups is 3. The van der Waals surface area contributed by atoms with Gasteiger partial charge in [0.1, 0.15) is 5.82 Å². The molecule has 0 fully saturated rings. The van der Waals surface area contributed by atoms with Crippen LogP contribution in [0.15, 0.2) is 6.33 Å². The molecule has 1 rings (SSSR count). The van der Waals surface area contributed by atoms with Gasteiger partial charge in [0.25, 0.3) is 5.91 Å². The molecule has 1 aromatic heterocycles. The fraction of sp³-hybridized carbons (Fsp3) is 0.250. The Morgan fingerprint density at radius 1 is 1.60 bits per heavy atom. The second-order valence-electron chi connectivity index (χ2n) is 2.84. The highest BCUT2D eigenvalue weighted by Crippen LogP contribution is 2.15. The molecule has 3 amide bonds. The minimum absolute atomic E-state index is 0.0270. The number of hydrogen-bond acceptors (Lipinski definition) is 4. The third-order valence-corrected chi connectivity index (χ3v) is 1.80. The van der Waals surface area contributed by atoms with Crippen molar-refractivity contribution in [2.45, 2.75) is 0 Å². The van der Waals surface area contributed by atoms with Crippen LogP contribution in [-0.2, 0) is 16.6 Å². The van der Waals surface area contributed by atoms with Gasteiger partial charge >= 0.3 is 0 Å². The molecule has 15 heavy (non-hydrogen) atoms. The number of amides is 3. The predicted octanol–water partition coefficient (Wildman–Crippen LogP) is -1.10. The number of aromatic nitrogens is 2. The van der Waals surface area contributed by atoms with E-state index >= 15 is 0 Å². The van der Waals surface area contributed by atoms with E-state index in [4.69, 9.17) is 0 Å². The van der Waals surface area contributed by atoms with Gasteiger partial charge in [0, 0.05) is 14.1 Å². The fourth-order valence-corrected chi connectivity index (χ4v) is 1.17. The molecule has 0 saturated carbocycles. The molecule has 80 valence electrons. The van der Waals surface area contributed by atoms with Gasteiger partial charge in [-0.2, -0.15) is 0 Å². The van der Waals surface area contributed by atoms with Crippen molar-refractivity contribution in [2.75, 3.05) is 11.9 Å². The van der Waals surface area contributed by atoms with E-state index in [2.05, 4.69) is 4.98 Å². The van der Waals surface area contributed by atoms with Crippen molar-refractivity contribution in [3.05, 3.63) is 12.0 Å². The number of carbonyl (C=O) groups excluding carboxylic acids is 3. The summed E-state index contributed by atoms with van der Waals surface area (Å²) in [6.45, 7) is 0. The molecule has 0 bridgehead atoms. The number of aryl methyl sites for hydroxylation is 1. The van der Waals surface area contributed by atoms with E-state index in [1.54, 1.807) is 7.05 Å². The van der Waals surface area contributed by atoms with Crippen LogP contribution in [0.2, 0.25) is 0 Å². The molecular weight excluding hydrogens is 200 g/mol. The van der Waals surface area contributed by atoms with E-state index < -0.39 is 5.91 Å².